The summed E-state index contributed by atoms with van der Waals surface area (Å²) in [7, 11) is 0. The van der Waals surface area contributed by atoms with E-state index in [0.717, 1.165) is 54.2 Å². The lowest BCUT2D eigenvalue weighted by Crippen LogP contribution is -2.62. The minimum atomic E-state index is -0.825. The SMILES string of the molecule is C[C@H](O)[C@@H]1[C@H](CO)ON(Cc2cccc(I)c2OCCN2CCOCC2)[C@@H]1C(=O)NC1CC2C[C@H]([C@@H]1C)C2(C)C. The number of hydrogen-bond donors (Lipinski definition) is 3. The molecule has 3 aliphatic carbocycles. The number of rotatable bonds is 10. The number of ether oxygens (including phenoxy) is 2. The number of para-hydroxylation sites is 1. The molecule has 1 aromatic carbocycles. The highest BCUT2D eigenvalue weighted by Gasteiger charge is 2.57. The van der Waals surface area contributed by atoms with E-state index in [9.17, 15) is 15.0 Å². The number of amides is 1. The van der Waals surface area contributed by atoms with Crippen LogP contribution < -0.4 is 10.1 Å². The van der Waals surface area contributed by atoms with Crippen molar-refractivity contribution in [2.45, 2.75) is 71.4 Å². The Hall–Kier alpha value is -1.02. The molecule has 0 spiro atoms. The maximum atomic E-state index is 13.9. The minimum Gasteiger partial charge on any atom is -0.491 e. The highest BCUT2D eigenvalue weighted by Crippen LogP contribution is 2.61. The number of carbonyl (C=O) groups is 1. The molecular weight excluding hydrogens is 625 g/mol. The predicted octanol–water partition coefficient (Wildman–Crippen LogP) is 2.66. The van der Waals surface area contributed by atoms with Crippen molar-refractivity contribution in [2.24, 2.45) is 29.1 Å². The van der Waals surface area contributed by atoms with Crippen LogP contribution in [-0.4, -0.2) is 96.4 Å². The molecule has 40 heavy (non-hydrogen) atoms. The van der Waals surface area contributed by atoms with E-state index in [1.54, 1.807) is 12.0 Å². The molecule has 2 unspecified atom stereocenters. The summed E-state index contributed by atoms with van der Waals surface area (Å²) in [5.41, 5.74) is 1.24. The Bertz CT molecular complexity index is 1030. The second-order valence-electron chi connectivity index (χ2n) is 12.8. The lowest BCUT2D eigenvalue weighted by molar-refractivity contribution is -0.183. The summed E-state index contributed by atoms with van der Waals surface area (Å²) in [6, 6.07) is 5.35. The van der Waals surface area contributed by atoms with Gasteiger partial charge in [-0.15, -0.1) is 0 Å². The molecule has 2 saturated heterocycles. The Morgan fingerprint density at radius 2 is 2.02 bits per heavy atom. The Kier molecular flexibility index (Phi) is 9.66. The normalized spacial score (nSPS) is 34.7. The second-order valence-corrected chi connectivity index (χ2v) is 13.9. The summed E-state index contributed by atoms with van der Waals surface area (Å²) in [5.74, 6) is 1.70. The standard InChI is InChI=1S/C30H46IN3O6/c1-18-22-14-21(30(22,3)4)15-24(18)32-29(37)27-26(19(2)36)25(17-35)40-34(27)16-20-6-5-7-23(31)28(20)39-13-10-33-8-11-38-12-9-33/h5-7,18-19,21-22,24-27,35-36H,8-17H2,1-4H3,(H,32,37)/t18-,19-,21?,22+,24?,25-,26+,27-/m0/s1. The van der Waals surface area contributed by atoms with Crippen LogP contribution in [0.25, 0.3) is 0 Å². The lowest BCUT2D eigenvalue weighted by Gasteiger charge is -2.62. The molecule has 3 saturated carbocycles. The molecule has 10 heteroatoms. The van der Waals surface area contributed by atoms with Gasteiger partial charge in [-0.1, -0.05) is 32.9 Å². The van der Waals surface area contributed by atoms with Crippen molar-refractivity contribution in [3.05, 3.63) is 27.3 Å². The molecule has 1 amide bonds. The van der Waals surface area contributed by atoms with Crippen molar-refractivity contribution in [3.8, 4) is 5.75 Å². The van der Waals surface area contributed by atoms with E-state index in [2.05, 4.69) is 53.6 Å². The molecule has 0 radical (unpaired) electrons. The number of benzene rings is 1. The number of morpholine rings is 1. The smallest absolute Gasteiger partial charge is 0.240 e. The summed E-state index contributed by atoms with van der Waals surface area (Å²) < 4.78 is 12.7. The van der Waals surface area contributed by atoms with Crippen LogP contribution in [0.3, 0.4) is 0 Å². The van der Waals surface area contributed by atoms with Crippen LogP contribution in [0.4, 0.5) is 0 Å². The quantitative estimate of drug-likeness (QED) is 0.327. The van der Waals surface area contributed by atoms with Gasteiger partial charge in [-0.25, -0.2) is 0 Å². The van der Waals surface area contributed by atoms with E-state index >= 15 is 0 Å². The minimum absolute atomic E-state index is 0.103. The molecule has 224 valence electrons. The first-order valence-corrected chi connectivity index (χ1v) is 15.9. The zero-order valence-electron chi connectivity index (χ0n) is 24.2. The summed E-state index contributed by atoms with van der Waals surface area (Å²) in [6.45, 7) is 13.3. The van der Waals surface area contributed by atoms with Crippen molar-refractivity contribution in [1.29, 1.82) is 0 Å². The molecule has 3 N–H and O–H groups in total. The van der Waals surface area contributed by atoms with Gasteiger partial charge in [0.25, 0.3) is 0 Å². The molecule has 8 atom stereocenters. The number of fused-ring (bicyclic) bond motifs is 2. The number of hydroxylamine groups is 2. The van der Waals surface area contributed by atoms with Crippen LogP contribution in [-0.2, 0) is 20.9 Å². The number of carbonyl (C=O) groups excluding carboxylic acids is 1. The molecule has 2 aliphatic heterocycles. The largest absolute Gasteiger partial charge is 0.491 e. The van der Waals surface area contributed by atoms with Gasteiger partial charge in [0.05, 0.1) is 36.0 Å². The Balaban J connectivity index is 1.31. The van der Waals surface area contributed by atoms with Crippen LogP contribution in [0.5, 0.6) is 5.75 Å². The van der Waals surface area contributed by atoms with Crippen molar-refractivity contribution < 1.29 is 29.3 Å². The lowest BCUT2D eigenvalue weighted by atomic mass is 9.45. The summed E-state index contributed by atoms with van der Waals surface area (Å²) in [6.07, 6.45) is 0.725. The van der Waals surface area contributed by atoms with Gasteiger partial charge in [0.1, 0.15) is 24.5 Å². The third kappa shape index (κ3) is 6.05. The third-order valence-corrected chi connectivity index (χ3v) is 11.0. The Labute approximate surface area is 252 Å². The molecular formula is C30H46IN3O6. The molecule has 0 aromatic heterocycles. The molecule has 2 bridgehead atoms. The fraction of sp³-hybridized carbons (Fsp3) is 0.767. The number of halogens is 1. The number of nitrogens with one attached hydrogen (secondary N) is 1. The first-order valence-electron chi connectivity index (χ1n) is 14.8. The Morgan fingerprint density at radius 3 is 2.67 bits per heavy atom. The fourth-order valence-electron chi connectivity index (χ4n) is 7.59. The average Bonchev–Trinajstić information content (AvgIpc) is 3.30. The van der Waals surface area contributed by atoms with E-state index in [1.807, 2.05) is 18.2 Å². The molecule has 9 nitrogen and oxygen atoms in total. The Morgan fingerprint density at radius 1 is 1.27 bits per heavy atom. The topological polar surface area (TPSA) is 104 Å². The van der Waals surface area contributed by atoms with E-state index in [4.69, 9.17) is 14.3 Å². The number of aliphatic hydroxyl groups excluding tert-OH is 2. The highest BCUT2D eigenvalue weighted by molar-refractivity contribution is 14.1. The van der Waals surface area contributed by atoms with Crippen molar-refractivity contribution in [1.82, 2.24) is 15.3 Å². The third-order valence-electron chi connectivity index (χ3n) is 10.2. The first kappa shape index (κ1) is 30.4. The zero-order chi connectivity index (χ0) is 28.6. The maximum absolute atomic E-state index is 13.9. The summed E-state index contributed by atoms with van der Waals surface area (Å²) in [5, 5.41) is 25.9. The van der Waals surface area contributed by atoms with Crippen molar-refractivity contribution in [2.75, 3.05) is 46.1 Å². The number of hydrogen-bond acceptors (Lipinski definition) is 8. The molecule has 6 rings (SSSR count). The zero-order valence-corrected chi connectivity index (χ0v) is 26.4. The maximum Gasteiger partial charge on any atom is 0.240 e. The van der Waals surface area contributed by atoms with Crippen molar-refractivity contribution in [3.63, 3.8) is 0 Å². The molecule has 2 heterocycles. The van der Waals surface area contributed by atoms with Gasteiger partial charge in [0, 0.05) is 37.2 Å². The van der Waals surface area contributed by atoms with Crippen LogP contribution in [0.2, 0.25) is 0 Å². The van der Waals surface area contributed by atoms with Gasteiger partial charge < -0.3 is 25.0 Å². The van der Waals surface area contributed by atoms with E-state index < -0.39 is 24.2 Å². The molecule has 5 aliphatic rings. The van der Waals surface area contributed by atoms with Gasteiger partial charge >= 0.3 is 0 Å². The highest BCUT2D eigenvalue weighted by atomic mass is 127. The van der Waals surface area contributed by atoms with Crippen LogP contribution in [0, 0.1) is 32.7 Å². The molecule has 5 fully saturated rings. The number of nitrogens with zero attached hydrogens (tertiary/aromatic N) is 2. The van der Waals surface area contributed by atoms with Crippen molar-refractivity contribution >= 4 is 28.5 Å². The van der Waals surface area contributed by atoms with Gasteiger partial charge in [-0.3, -0.25) is 14.5 Å². The van der Waals surface area contributed by atoms with Crippen LogP contribution in [0.15, 0.2) is 18.2 Å². The van der Waals surface area contributed by atoms with Gasteiger partial charge in [0.15, 0.2) is 0 Å². The van der Waals surface area contributed by atoms with Gasteiger partial charge in [0.2, 0.25) is 5.91 Å². The second kappa shape index (κ2) is 12.7. The van der Waals surface area contributed by atoms with E-state index in [-0.39, 0.29) is 18.6 Å². The summed E-state index contributed by atoms with van der Waals surface area (Å²) in [4.78, 5) is 22.5. The van der Waals surface area contributed by atoms with E-state index in [1.165, 1.54) is 6.42 Å². The summed E-state index contributed by atoms with van der Waals surface area (Å²) >= 11 is 2.28. The number of aliphatic hydroxyl groups is 2. The fourth-order valence-corrected chi connectivity index (χ4v) is 8.30. The van der Waals surface area contributed by atoms with Crippen LogP contribution in [0.1, 0.15) is 46.1 Å². The molecule has 1 aromatic rings. The van der Waals surface area contributed by atoms with Gasteiger partial charge in [-0.05, 0) is 71.6 Å². The predicted molar refractivity (Wildman–Crippen MR) is 159 cm³/mol. The first-order chi connectivity index (χ1) is 19.1. The van der Waals surface area contributed by atoms with Gasteiger partial charge in [-0.2, -0.15) is 5.06 Å². The monoisotopic (exact) mass is 671 g/mol. The average molecular weight is 672 g/mol. The van der Waals surface area contributed by atoms with Crippen LogP contribution >= 0.6 is 22.6 Å². The van der Waals surface area contributed by atoms with E-state index in [0.29, 0.717) is 36.3 Å².